The molecule has 2 nitrogen and oxygen atoms in total. The zero-order chi connectivity index (χ0) is 15.4. The topological polar surface area (TPSA) is 32.3 Å². The summed E-state index contributed by atoms with van der Waals surface area (Å²) < 4.78 is 13.6. The zero-order valence-electron chi connectivity index (χ0n) is 12.7. The minimum absolute atomic E-state index is 0.279. The Hall–Kier alpha value is -1.87. The number of nitrogens with one attached hydrogen (secondary N) is 1. The SMILES string of the molecule is Cc1ccc(F)c(NCC(O)c2ccc(C(C)C)cc2)c1. The average molecular weight is 287 g/mol. The summed E-state index contributed by atoms with van der Waals surface area (Å²) in [5.74, 6) is 0.165. The number of halogens is 1. The summed E-state index contributed by atoms with van der Waals surface area (Å²) in [6, 6.07) is 12.8. The van der Waals surface area contributed by atoms with Gasteiger partial charge in [0.15, 0.2) is 0 Å². The van der Waals surface area contributed by atoms with E-state index in [0.717, 1.165) is 11.1 Å². The van der Waals surface area contributed by atoms with Crippen molar-refractivity contribution < 1.29 is 9.50 Å². The molecule has 0 radical (unpaired) electrons. The number of hydrogen-bond donors (Lipinski definition) is 2. The van der Waals surface area contributed by atoms with Gasteiger partial charge in [0.05, 0.1) is 11.8 Å². The van der Waals surface area contributed by atoms with Gasteiger partial charge in [0.2, 0.25) is 0 Å². The molecule has 2 aromatic carbocycles. The van der Waals surface area contributed by atoms with E-state index < -0.39 is 6.10 Å². The van der Waals surface area contributed by atoms with E-state index in [9.17, 15) is 9.50 Å². The van der Waals surface area contributed by atoms with E-state index in [4.69, 9.17) is 0 Å². The van der Waals surface area contributed by atoms with Crippen LogP contribution in [0, 0.1) is 12.7 Å². The van der Waals surface area contributed by atoms with Gasteiger partial charge in [-0.15, -0.1) is 0 Å². The van der Waals surface area contributed by atoms with Crippen LogP contribution in [0.3, 0.4) is 0 Å². The quantitative estimate of drug-likeness (QED) is 0.854. The summed E-state index contributed by atoms with van der Waals surface area (Å²) in [7, 11) is 0. The van der Waals surface area contributed by atoms with Crippen LogP contribution in [0.4, 0.5) is 10.1 Å². The van der Waals surface area contributed by atoms with E-state index in [0.29, 0.717) is 11.6 Å². The molecule has 112 valence electrons. The van der Waals surface area contributed by atoms with Crippen LogP contribution in [0.25, 0.3) is 0 Å². The molecule has 1 unspecified atom stereocenters. The third-order valence-electron chi connectivity index (χ3n) is 3.60. The lowest BCUT2D eigenvalue weighted by molar-refractivity contribution is 0.191. The average Bonchev–Trinajstić information content (AvgIpc) is 2.48. The van der Waals surface area contributed by atoms with Crippen LogP contribution in [0.5, 0.6) is 0 Å². The third kappa shape index (κ3) is 4.05. The lowest BCUT2D eigenvalue weighted by atomic mass is 10.00. The Morgan fingerprint density at radius 2 is 1.67 bits per heavy atom. The number of hydrogen-bond acceptors (Lipinski definition) is 2. The minimum atomic E-state index is -0.661. The van der Waals surface area contributed by atoms with Crippen LogP contribution >= 0.6 is 0 Å². The maximum atomic E-state index is 13.6. The van der Waals surface area contributed by atoms with Crippen molar-refractivity contribution in [1.82, 2.24) is 0 Å². The molecule has 0 spiro atoms. The summed E-state index contributed by atoms with van der Waals surface area (Å²) in [5, 5.41) is 13.2. The molecule has 3 heteroatoms. The predicted octanol–water partition coefficient (Wildman–Crippen LogP) is 4.40. The first-order valence-corrected chi connectivity index (χ1v) is 7.25. The molecule has 0 heterocycles. The zero-order valence-corrected chi connectivity index (χ0v) is 12.7. The van der Waals surface area contributed by atoms with Crippen LogP contribution in [-0.2, 0) is 0 Å². The van der Waals surface area contributed by atoms with Crippen LogP contribution < -0.4 is 5.32 Å². The van der Waals surface area contributed by atoms with E-state index in [-0.39, 0.29) is 12.4 Å². The Kier molecular flexibility index (Phi) is 4.97. The van der Waals surface area contributed by atoms with E-state index in [1.54, 1.807) is 12.1 Å². The molecule has 0 aromatic heterocycles. The molecule has 0 saturated carbocycles. The van der Waals surface area contributed by atoms with Crippen molar-refractivity contribution in [3.63, 3.8) is 0 Å². The van der Waals surface area contributed by atoms with Crippen LogP contribution in [0.15, 0.2) is 42.5 Å². The highest BCUT2D eigenvalue weighted by molar-refractivity contribution is 5.47. The number of aliphatic hydroxyl groups excluding tert-OH is 1. The molecule has 0 amide bonds. The number of anilines is 1. The van der Waals surface area contributed by atoms with Gasteiger partial charge in [0.1, 0.15) is 5.82 Å². The van der Waals surface area contributed by atoms with Crippen molar-refractivity contribution >= 4 is 5.69 Å². The molecule has 0 aliphatic carbocycles. The molecule has 0 bridgehead atoms. The molecule has 2 N–H and O–H groups in total. The summed E-state index contributed by atoms with van der Waals surface area (Å²) in [6.07, 6.45) is -0.661. The highest BCUT2D eigenvalue weighted by Crippen LogP contribution is 2.21. The predicted molar refractivity (Wildman–Crippen MR) is 85.1 cm³/mol. The van der Waals surface area contributed by atoms with Crippen molar-refractivity contribution in [2.24, 2.45) is 0 Å². The molecule has 21 heavy (non-hydrogen) atoms. The number of rotatable bonds is 5. The van der Waals surface area contributed by atoms with E-state index in [1.165, 1.54) is 11.6 Å². The first-order chi connectivity index (χ1) is 9.97. The van der Waals surface area contributed by atoms with Gasteiger partial charge >= 0.3 is 0 Å². The standard InChI is InChI=1S/C18H22FNO/c1-12(2)14-5-7-15(8-6-14)18(21)11-20-17-10-13(3)4-9-16(17)19/h4-10,12,18,20-21H,11H2,1-3H3. The van der Waals surface area contributed by atoms with Crippen LogP contribution in [0.2, 0.25) is 0 Å². The van der Waals surface area contributed by atoms with Gasteiger partial charge in [-0.3, -0.25) is 0 Å². The number of aryl methyl sites for hydroxylation is 1. The fourth-order valence-electron chi connectivity index (χ4n) is 2.20. The molecule has 2 aromatic rings. The van der Waals surface area contributed by atoms with Crippen molar-refractivity contribution in [2.45, 2.75) is 32.8 Å². The van der Waals surface area contributed by atoms with Gasteiger partial charge in [-0.2, -0.15) is 0 Å². The molecule has 0 aliphatic rings. The normalized spacial score (nSPS) is 12.5. The summed E-state index contributed by atoms with van der Waals surface area (Å²) >= 11 is 0. The van der Waals surface area contributed by atoms with E-state index in [1.807, 2.05) is 31.2 Å². The molecular formula is C18H22FNO. The second kappa shape index (κ2) is 6.72. The third-order valence-corrected chi connectivity index (χ3v) is 3.60. The Morgan fingerprint density at radius 3 is 2.29 bits per heavy atom. The minimum Gasteiger partial charge on any atom is -0.387 e. The smallest absolute Gasteiger partial charge is 0.146 e. The van der Waals surface area contributed by atoms with Crippen molar-refractivity contribution in [3.05, 3.63) is 65.0 Å². The summed E-state index contributed by atoms with van der Waals surface area (Å²) in [6.45, 7) is 6.45. The first-order valence-electron chi connectivity index (χ1n) is 7.25. The van der Waals surface area contributed by atoms with Crippen LogP contribution in [0.1, 0.15) is 42.6 Å². The van der Waals surface area contributed by atoms with Gasteiger partial charge in [-0.25, -0.2) is 4.39 Å². The fraction of sp³-hybridized carbons (Fsp3) is 0.333. The summed E-state index contributed by atoms with van der Waals surface area (Å²) in [5.41, 5.74) is 3.48. The number of benzene rings is 2. The molecular weight excluding hydrogens is 265 g/mol. The first kappa shape index (κ1) is 15.5. The van der Waals surface area contributed by atoms with Crippen LogP contribution in [-0.4, -0.2) is 11.7 Å². The van der Waals surface area contributed by atoms with Gasteiger partial charge in [-0.05, 0) is 41.7 Å². The fourth-order valence-corrected chi connectivity index (χ4v) is 2.20. The summed E-state index contributed by atoms with van der Waals surface area (Å²) in [4.78, 5) is 0. The maximum Gasteiger partial charge on any atom is 0.146 e. The molecule has 0 aliphatic heterocycles. The monoisotopic (exact) mass is 287 g/mol. The highest BCUT2D eigenvalue weighted by atomic mass is 19.1. The lowest BCUT2D eigenvalue weighted by Gasteiger charge is -2.15. The van der Waals surface area contributed by atoms with Crippen molar-refractivity contribution in [1.29, 1.82) is 0 Å². The lowest BCUT2D eigenvalue weighted by Crippen LogP contribution is -2.13. The van der Waals surface area contributed by atoms with Gasteiger partial charge in [0, 0.05) is 6.54 Å². The van der Waals surface area contributed by atoms with E-state index in [2.05, 4.69) is 19.2 Å². The maximum absolute atomic E-state index is 13.6. The Bertz CT molecular complexity index is 593. The highest BCUT2D eigenvalue weighted by Gasteiger charge is 2.09. The Labute approximate surface area is 125 Å². The largest absolute Gasteiger partial charge is 0.387 e. The van der Waals surface area contributed by atoms with Gasteiger partial charge in [-0.1, -0.05) is 44.2 Å². The molecule has 2 rings (SSSR count). The second-order valence-corrected chi connectivity index (χ2v) is 5.70. The molecule has 1 atom stereocenters. The Morgan fingerprint density at radius 1 is 1.05 bits per heavy atom. The molecule has 0 fully saturated rings. The number of aliphatic hydroxyl groups is 1. The Balaban J connectivity index is 2.01. The van der Waals surface area contributed by atoms with Crippen molar-refractivity contribution in [2.75, 3.05) is 11.9 Å². The molecule has 0 saturated heterocycles. The van der Waals surface area contributed by atoms with Gasteiger partial charge < -0.3 is 10.4 Å². The van der Waals surface area contributed by atoms with E-state index >= 15 is 0 Å². The van der Waals surface area contributed by atoms with Gasteiger partial charge in [0.25, 0.3) is 0 Å². The van der Waals surface area contributed by atoms with Crippen molar-refractivity contribution in [3.8, 4) is 0 Å². The second-order valence-electron chi connectivity index (χ2n) is 5.70.